The van der Waals surface area contributed by atoms with Crippen molar-refractivity contribution < 1.29 is 0 Å². The van der Waals surface area contributed by atoms with Crippen LogP contribution in [0, 0.1) is 11.8 Å². The second kappa shape index (κ2) is 7.21. The lowest BCUT2D eigenvalue weighted by Crippen LogP contribution is -2.47. The Balaban J connectivity index is 1.46. The second-order valence-electron chi connectivity index (χ2n) is 6.87. The summed E-state index contributed by atoms with van der Waals surface area (Å²) in [5, 5.41) is 3.81. The number of nitrogens with one attached hydrogen (secondary N) is 1. The van der Waals surface area contributed by atoms with Gasteiger partial charge >= 0.3 is 0 Å². The van der Waals surface area contributed by atoms with Gasteiger partial charge in [-0.1, -0.05) is 19.8 Å². The Bertz CT molecular complexity index is 414. The average Bonchev–Trinajstić information content (AvgIpc) is 2.55. The molecule has 3 rings (SSSR count). The normalized spacial score (nSPS) is 30.3. The van der Waals surface area contributed by atoms with Crippen LogP contribution in [0.25, 0.3) is 0 Å². The van der Waals surface area contributed by atoms with Gasteiger partial charge in [-0.2, -0.15) is 0 Å². The molecule has 4 nitrogen and oxygen atoms in total. The molecular formula is C17H28N4. The van der Waals surface area contributed by atoms with Gasteiger partial charge in [0.05, 0.1) is 0 Å². The van der Waals surface area contributed by atoms with Crippen LogP contribution in [0.1, 0.15) is 45.4 Å². The molecule has 1 aromatic rings. The first-order valence-corrected chi connectivity index (χ1v) is 8.56. The average molecular weight is 288 g/mol. The maximum atomic E-state index is 4.38. The Morgan fingerprint density at radius 1 is 1.14 bits per heavy atom. The Morgan fingerprint density at radius 2 is 1.90 bits per heavy atom. The van der Waals surface area contributed by atoms with Crippen molar-refractivity contribution in [2.24, 2.45) is 11.8 Å². The third-order valence-corrected chi connectivity index (χ3v) is 5.09. The second-order valence-corrected chi connectivity index (χ2v) is 6.87. The van der Waals surface area contributed by atoms with Crippen molar-refractivity contribution in [3.63, 3.8) is 0 Å². The van der Waals surface area contributed by atoms with Crippen molar-refractivity contribution in [2.75, 3.05) is 24.5 Å². The first kappa shape index (κ1) is 14.8. The standard InChI is InChI=1S/C17H28N4/c1-14-5-7-15(8-6-14)12-20-16-4-2-11-21(13-16)17-18-9-3-10-19-17/h3,9-10,14-16,20H,2,4-8,11-13H2,1H3. The van der Waals surface area contributed by atoms with Gasteiger partial charge in [-0.05, 0) is 50.1 Å². The third kappa shape index (κ3) is 4.16. The quantitative estimate of drug-likeness (QED) is 0.925. The highest BCUT2D eigenvalue weighted by molar-refractivity contribution is 5.29. The summed E-state index contributed by atoms with van der Waals surface area (Å²) in [6.07, 6.45) is 11.8. The van der Waals surface area contributed by atoms with Crippen LogP contribution < -0.4 is 10.2 Å². The van der Waals surface area contributed by atoms with E-state index in [4.69, 9.17) is 0 Å². The molecule has 1 aliphatic carbocycles. The van der Waals surface area contributed by atoms with E-state index in [1.807, 2.05) is 18.5 Å². The van der Waals surface area contributed by atoms with Crippen molar-refractivity contribution in [3.05, 3.63) is 18.5 Å². The van der Waals surface area contributed by atoms with Crippen LogP contribution in [0.3, 0.4) is 0 Å². The lowest BCUT2D eigenvalue weighted by atomic mass is 9.83. The molecule has 1 aromatic heterocycles. The Labute approximate surface area is 128 Å². The van der Waals surface area contributed by atoms with E-state index in [1.54, 1.807) is 0 Å². The van der Waals surface area contributed by atoms with Crippen LogP contribution in [0.5, 0.6) is 0 Å². The van der Waals surface area contributed by atoms with Gasteiger partial charge in [-0.3, -0.25) is 0 Å². The molecule has 0 aromatic carbocycles. The fraction of sp³-hybridized carbons (Fsp3) is 0.765. The summed E-state index contributed by atoms with van der Waals surface area (Å²) < 4.78 is 0. The smallest absolute Gasteiger partial charge is 0.225 e. The summed E-state index contributed by atoms with van der Waals surface area (Å²) in [6.45, 7) is 5.72. The van der Waals surface area contributed by atoms with Gasteiger partial charge in [0.2, 0.25) is 5.95 Å². The maximum absolute atomic E-state index is 4.38. The van der Waals surface area contributed by atoms with Gasteiger partial charge in [-0.25, -0.2) is 9.97 Å². The van der Waals surface area contributed by atoms with Gasteiger partial charge in [0.15, 0.2) is 0 Å². The SMILES string of the molecule is CC1CCC(CNC2CCCN(c3ncccn3)C2)CC1. The van der Waals surface area contributed by atoms with E-state index in [9.17, 15) is 0 Å². The molecule has 0 radical (unpaired) electrons. The number of aromatic nitrogens is 2. The van der Waals surface area contributed by atoms with Crippen LogP contribution in [0.2, 0.25) is 0 Å². The van der Waals surface area contributed by atoms with E-state index in [1.165, 1.54) is 45.1 Å². The van der Waals surface area contributed by atoms with Crippen LogP contribution in [0.15, 0.2) is 18.5 Å². The van der Waals surface area contributed by atoms with E-state index < -0.39 is 0 Å². The van der Waals surface area contributed by atoms with Crippen LogP contribution in [-0.4, -0.2) is 35.6 Å². The summed E-state index contributed by atoms with van der Waals surface area (Å²) >= 11 is 0. The molecule has 0 bridgehead atoms. The van der Waals surface area contributed by atoms with E-state index in [-0.39, 0.29) is 0 Å². The lowest BCUT2D eigenvalue weighted by Gasteiger charge is -2.35. The molecule has 1 atom stereocenters. The predicted molar refractivity (Wildman–Crippen MR) is 86.4 cm³/mol. The minimum Gasteiger partial charge on any atom is -0.339 e. The zero-order valence-electron chi connectivity index (χ0n) is 13.2. The molecule has 2 fully saturated rings. The minimum atomic E-state index is 0.599. The van der Waals surface area contributed by atoms with Gasteiger partial charge in [0, 0.05) is 31.5 Å². The van der Waals surface area contributed by atoms with Gasteiger partial charge < -0.3 is 10.2 Å². The summed E-state index contributed by atoms with van der Waals surface area (Å²) in [7, 11) is 0. The van der Waals surface area contributed by atoms with Gasteiger partial charge in [-0.15, -0.1) is 0 Å². The molecule has 1 aliphatic heterocycles. The largest absolute Gasteiger partial charge is 0.339 e. The maximum Gasteiger partial charge on any atom is 0.225 e. The molecule has 116 valence electrons. The number of hydrogen-bond acceptors (Lipinski definition) is 4. The Morgan fingerprint density at radius 3 is 2.67 bits per heavy atom. The molecule has 1 saturated carbocycles. The highest BCUT2D eigenvalue weighted by Gasteiger charge is 2.23. The third-order valence-electron chi connectivity index (χ3n) is 5.09. The summed E-state index contributed by atoms with van der Waals surface area (Å²) in [5.74, 6) is 2.72. The number of nitrogens with zero attached hydrogens (tertiary/aromatic N) is 3. The summed E-state index contributed by atoms with van der Waals surface area (Å²) in [4.78, 5) is 11.1. The molecule has 0 spiro atoms. The molecule has 2 aliphatic rings. The Hall–Kier alpha value is -1.16. The van der Waals surface area contributed by atoms with Crippen molar-refractivity contribution in [1.82, 2.24) is 15.3 Å². The molecule has 21 heavy (non-hydrogen) atoms. The van der Waals surface area contributed by atoms with E-state index >= 15 is 0 Å². The molecule has 1 N–H and O–H groups in total. The minimum absolute atomic E-state index is 0.599. The highest BCUT2D eigenvalue weighted by atomic mass is 15.3. The number of piperidine rings is 1. The topological polar surface area (TPSA) is 41.0 Å². The number of hydrogen-bond donors (Lipinski definition) is 1. The van der Waals surface area contributed by atoms with E-state index in [0.29, 0.717) is 6.04 Å². The first-order chi connectivity index (χ1) is 10.3. The zero-order chi connectivity index (χ0) is 14.5. The molecular weight excluding hydrogens is 260 g/mol. The van der Waals surface area contributed by atoms with Gasteiger partial charge in [0.1, 0.15) is 0 Å². The van der Waals surface area contributed by atoms with Crippen LogP contribution in [0.4, 0.5) is 5.95 Å². The highest BCUT2D eigenvalue weighted by Crippen LogP contribution is 2.28. The Kier molecular flexibility index (Phi) is 5.07. The fourth-order valence-corrected chi connectivity index (χ4v) is 3.65. The van der Waals surface area contributed by atoms with E-state index in [2.05, 4.69) is 27.1 Å². The first-order valence-electron chi connectivity index (χ1n) is 8.56. The van der Waals surface area contributed by atoms with Crippen molar-refractivity contribution in [1.29, 1.82) is 0 Å². The van der Waals surface area contributed by atoms with E-state index in [0.717, 1.165) is 30.9 Å². The summed E-state index contributed by atoms with van der Waals surface area (Å²) in [5.41, 5.74) is 0. The molecule has 1 unspecified atom stereocenters. The fourth-order valence-electron chi connectivity index (χ4n) is 3.65. The van der Waals surface area contributed by atoms with Crippen molar-refractivity contribution in [2.45, 2.75) is 51.5 Å². The predicted octanol–water partition coefficient (Wildman–Crippen LogP) is 2.86. The van der Waals surface area contributed by atoms with Crippen LogP contribution in [-0.2, 0) is 0 Å². The monoisotopic (exact) mass is 288 g/mol. The molecule has 2 heterocycles. The summed E-state index contributed by atoms with van der Waals surface area (Å²) in [6, 6.07) is 2.48. The number of anilines is 1. The molecule has 4 heteroatoms. The van der Waals surface area contributed by atoms with Crippen molar-refractivity contribution in [3.8, 4) is 0 Å². The lowest BCUT2D eigenvalue weighted by molar-refractivity contribution is 0.268. The van der Waals surface area contributed by atoms with Crippen LogP contribution >= 0.6 is 0 Å². The zero-order valence-corrected chi connectivity index (χ0v) is 13.2. The van der Waals surface area contributed by atoms with Crippen molar-refractivity contribution >= 4 is 5.95 Å². The molecule has 1 saturated heterocycles. The van der Waals surface area contributed by atoms with Gasteiger partial charge in [0.25, 0.3) is 0 Å². The molecule has 0 amide bonds. The number of rotatable bonds is 4.